The van der Waals surface area contributed by atoms with Crippen molar-refractivity contribution in [2.75, 3.05) is 13.2 Å². The highest BCUT2D eigenvalue weighted by Crippen LogP contribution is 2.10. The average molecular weight is 366 g/mol. The summed E-state index contributed by atoms with van der Waals surface area (Å²) >= 11 is 5.87. The molecular formula is C16H16ClN3O5. The van der Waals surface area contributed by atoms with Crippen LogP contribution in [0.25, 0.3) is 0 Å². The summed E-state index contributed by atoms with van der Waals surface area (Å²) in [6.07, 6.45) is 1.76. The molecule has 0 fully saturated rings. The van der Waals surface area contributed by atoms with Crippen molar-refractivity contribution in [1.82, 2.24) is 14.9 Å². The minimum Gasteiger partial charge on any atom is -0.454 e. The van der Waals surface area contributed by atoms with Gasteiger partial charge in [0.15, 0.2) is 6.61 Å². The van der Waals surface area contributed by atoms with Crippen LogP contribution in [0.4, 0.5) is 0 Å². The highest BCUT2D eigenvalue weighted by atomic mass is 35.5. The molecule has 0 atom stereocenters. The number of amides is 1. The smallest absolute Gasteiger partial charge is 0.328 e. The van der Waals surface area contributed by atoms with Crippen LogP contribution in [0, 0.1) is 0 Å². The van der Waals surface area contributed by atoms with Crippen LogP contribution >= 0.6 is 11.6 Å². The number of carbonyl (C=O) groups is 2. The van der Waals surface area contributed by atoms with Crippen molar-refractivity contribution in [2.45, 2.75) is 13.0 Å². The molecule has 0 saturated carbocycles. The zero-order chi connectivity index (χ0) is 18.2. The Kier molecular flexibility index (Phi) is 6.53. The van der Waals surface area contributed by atoms with Gasteiger partial charge in [0, 0.05) is 23.8 Å². The van der Waals surface area contributed by atoms with Crippen molar-refractivity contribution >= 4 is 23.5 Å². The lowest BCUT2D eigenvalue weighted by Crippen LogP contribution is -2.34. The molecule has 1 aromatic heterocycles. The second kappa shape index (κ2) is 8.84. The van der Waals surface area contributed by atoms with E-state index in [0.29, 0.717) is 18.0 Å². The Morgan fingerprint density at radius 2 is 2.04 bits per heavy atom. The quantitative estimate of drug-likeness (QED) is 0.676. The van der Waals surface area contributed by atoms with Gasteiger partial charge < -0.3 is 10.1 Å². The molecule has 0 radical (unpaired) electrons. The third-order valence-corrected chi connectivity index (χ3v) is 3.42. The molecule has 0 bridgehead atoms. The largest absolute Gasteiger partial charge is 0.454 e. The van der Waals surface area contributed by atoms with Crippen LogP contribution in [0.3, 0.4) is 0 Å². The first kappa shape index (κ1) is 18.5. The predicted molar refractivity (Wildman–Crippen MR) is 90.4 cm³/mol. The van der Waals surface area contributed by atoms with E-state index in [-0.39, 0.29) is 0 Å². The maximum absolute atomic E-state index is 11.6. The molecule has 9 heteroatoms. The molecule has 0 saturated heterocycles. The topological polar surface area (TPSA) is 110 Å². The summed E-state index contributed by atoms with van der Waals surface area (Å²) in [6, 6.07) is 8.38. The molecule has 2 rings (SSSR count). The lowest BCUT2D eigenvalue weighted by atomic mass is 10.1. The zero-order valence-electron chi connectivity index (χ0n) is 13.2. The Bertz CT molecular complexity index is 874. The summed E-state index contributed by atoms with van der Waals surface area (Å²) in [4.78, 5) is 47.6. The number of carbonyl (C=O) groups excluding carboxylic acids is 2. The van der Waals surface area contributed by atoms with Gasteiger partial charge in [-0.25, -0.2) is 4.79 Å². The van der Waals surface area contributed by atoms with Gasteiger partial charge in [0.2, 0.25) is 0 Å². The number of aromatic amines is 1. The molecule has 1 amide bonds. The van der Waals surface area contributed by atoms with Crippen molar-refractivity contribution in [3.05, 3.63) is 68.0 Å². The molecule has 0 aliphatic heterocycles. The number of ether oxygens (including phenoxy) is 1. The number of hydrogen-bond donors (Lipinski definition) is 2. The van der Waals surface area contributed by atoms with Crippen LogP contribution in [0.2, 0.25) is 5.02 Å². The van der Waals surface area contributed by atoms with E-state index >= 15 is 0 Å². The second-order valence-electron chi connectivity index (χ2n) is 5.13. The van der Waals surface area contributed by atoms with Gasteiger partial charge in [0.05, 0.1) is 0 Å². The average Bonchev–Trinajstić information content (AvgIpc) is 2.56. The van der Waals surface area contributed by atoms with E-state index < -0.39 is 36.3 Å². The van der Waals surface area contributed by atoms with Crippen molar-refractivity contribution in [3.63, 3.8) is 0 Å². The SMILES string of the molecule is O=C(COC(=O)Cn1ccc(=O)[nH]c1=O)NCCc1cccc(Cl)c1. The van der Waals surface area contributed by atoms with Gasteiger partial charge in [-0.1, -0.05) is 23.7 Å². The van der Waals surface area contributed by atoms with Gasteiger partial charge in [-0.15, -0.1) is 0 Å². The monoisotopic (exact) mass is 365 g/mol. The van der Waals surface area contributed by atoms with Crippen LogP contribution < -0.4 is 16.6 Å². The molecule has 0 aliphatic rings. The Morgan fingerprint density at radius 3 is 2.76 bits per heavy atom. The van der Waals surface area contributed by atoms with Crippen LogP contribution in [0.1, 0.15) is 5.56 Å². The molecule has 132 valence electrons. The minimum absolute atomic E-state index is 0.371. The van der Waals surface area contributed by atoms with Crippen LogP contribution in [-0.4, -0.2) is 34.6 Å². The molecule has 25 heavy (non-hydrogen) atoms. The molecule has 0 unspecified atom stereocenters. The summed E-state index contributed by atoms with van der Waals surface area (Å²) in [6.45, 7) is -0.478. The zero-order valence-corrected chi connectivity index (χ0v) is 13.9. The van der Waals surface area contributed by atoms with Gasteiger partial charge in [0.1, 0.15) is 6.54 Å². The van der Waals surface area contributed by atoms with Gasteiger partial charge in [0.25, 0.3) is 11.5 Å². The minimum atomic E-state index is -0.765. The normalized spacial score (nSPS) is 10.3. The fourth-order valence-electron chi connectivity index (χ4n) is 1.99. The molecule has 2 aromatic rings. The first-order valence-corrected chi connectivity index (χ1v) is 7.78. The van der Waals surface area contributed by atoms with E-state index in [0.717, 1.165) is 16.2 Å². The molecule has 2 N–H and O–H groups in total. The van der Waals surface area contributed by atoms with Crippen LogP contribution in [0.15, 0.2) is 46.1 Å². The van der Waals surface area contributed by atoms with Crippen LogP contribution in [0.5, 0.6) is 0 Å². The van der Waals surface area contributed by atoms with E-state index in [1.807, 2.05) is 17.1 Å². The number of aromatic nitrogens is 2. The Hall–Kier alpha value is -2.87. The second-order valence-corrected chi connectivity index (χ2v) is 5.57. The van der Waals surface area contributed by atoms with Gasteiger partial charge in [-0.3, -0.25) is 23.9 Å². The number of nitrogens with zero attached hydrogens (tertiary/aromatic N) is 1. The maximum atomic E-state index is 11.6. The summed E-state index contributed by atoms with van der Waals surface area (Å²) < 4.78 is 5.76. The number of nitrogens with one attached hydrogen (secondary N) is 2. The summed E-state index contributed by atoms with van der Waals surface area (Å²) in [5.41, 5.74) is -0.314. The maximum Gasteiger partial charge on any atom is 0.328 e. The van der Waals surface area contributed by atoms with E-state index in [1.165, 1.54) is 6.20 Å². The van der Waals surface area contributed by atoms with Crippen LogP contribution in [-0.2, 0) is 27.3 Å². The van der Waals surface area contributed by atoms with Gasteiger partial charge in [-0.05, 0) is 24.1 Å². The highest BCUT2D eigenvalue weighted by molar-refractivity contribution is 6.30. The van der Waals surface area contributed by atoms with Gasteiger partial charge >= 0.3 is 11.7 Å². The van der Waals surface area contributed by atoms with E-state index in [2.05, 4.69) is 5.32 Å². The lowest BCUT2D eigenvalue weighted by Gasteiger charge is -2.08. The van der Waals surface area contributed by atoms with Crippen molar-refractivity contribution < 1.29 is 14.3 Å². The molecule has 8 nitrogen and oxygen atoms in total. The molecule has 1 aromatic carbocycles. The number of rotatable bonds is 7. The van der Waals surface area contributed by atoms with Crippen molar-refractivity contribution in [2.24, 2.45) is 0 Å². The van der Waals surface area contributed by atoms with E-state index in [9.17, 15) is 19.2 Å². The third-order valence-electron chi connectivity index (χ3n) is 3.19. The fraction of sp³-hybridized carbons (Fsp3) is 0.250. The van der Waals surface area contributed by atoms with Crippen molar-refractivity contribution in [3.8, 4) is 0 Å². The Morgan fingerprint density at radius 1 is 1.24 bits per heavy atom. The predicted octanol–water partition coefficient (Wildman–Crippen LogP) is 0.0921. The summed E-state index contributed by atoms with van der Waals surface area (Å²) in [7, 11) is 0. The number of halogens is 1. The first-order valence-electron chi connectivity index (χ1n) is 7.40. The fourth-order valence-corrected chi connectivity index (χ4v) is 2.20. The molecular weight excluding hydrogens is 350 g/mol. The standard InChI is InChI=1S/C16H16ClN3O5/c17-12-3-1-2-11(8-12)4-6-18-14(22)10-25-15(23)9-20-7-5-13(21)19-16(20)24/h1-3,5,7-8H,4,6,9-10H2,(H,18,22)(H,19,21,24). The highest BCUT2D eigenvalue weighted by Gasteiger charge is 2.09. The Balaban J connectivity index is 1.71. The molecule has 0 aliphatic carbocycles. The first-order chi connectivity index (χ1) is 11.9. The molecule has 1 heterocycles. The van der Waals surface area contributed by atoms with Crippen molar-refractivity contribution in [1.29, 1.82) is 0 Å². The molecule has 0 spiro atoms. The summed E-state index contributed by atoms with van der Waals surface area (Å²) in [5.74, 6) is -1.22. The lowest BCUT2D eigenvalue weighted by molar-refractivity contribution is -0.149. The Labute approximate surface area is 147 Å². The van der Waals surface area contributed by atoms with E-state index in [1.54, 1.807) is 12.1 Å². The van der Waals surface area contributed by atoms with Gasteiger partial charge in [-0.2, -0.15) is 0 Å². The number of H-pyrrole nitrogens is 1. The number of esters is 1. The summed E-state index contributed by atoms with van der Waals surface area (Å²) in [5, 5.41) is 3.23. The third kappa shape index (κ3) is 6.27. The number of benzene rings is 1. The number of hydrogen-bond acceptors (Lipinski definition) is 5. The van der Waals surface area contributed by atoms with E-state index in [4.69, 9.17) is 16.3 Å².